The molecule has 0 N–H and O–H groups in total. The lowest BCUT2D eigenvalue weighted by Crippen LogP contribution is -2.16. The number of anilines is 6. The highest BCUT2D eigenvalue weighted by atomic mass is 16.5. The second kappa shape index (κ2) is 14.2. The predicted molar refractivity (Wildman–Crippen MR) is 277 cm³/mol. The first kappa shape index (κ1) is 37.7. The quantitative estimate of drug-likeness (QED) is 0.165. The van der Waals surface area contributed by atoms with E-state index in [2.05, 4.69) is 218 Å². The number of hydrogen-bond acceptors (Lipinski definition) is 4. The average Bonchev–Trinajstić information content (AvgIpc) is 3.61. The van der Waals surface area contributed by atoms with Crippen molar-refractivity contribution in [3.63, 3.8) is 0 Å². The number of para-hydroxylation sites is 8. The molecule has 0 bridgehead atoms. The lowest BCUT2D eigenvalue weighted by molar-refractivity contribution is 0.477. The molecule has 4 nitrogen and oxygen atoms in total. The van der Waals surface area contributed by atoms with E-state index >= 15 is 0 Å². The minimum Gasteiger partial charge on any atom is -0.453 e. The molecule has 4 heteroatoms. The highest BCUT2D eigenvalue weighted by molar-refractivity contribution is 6.26. The van der Waals surface area contributed by atoms with Gasteiger partial charge in [-0.25, -0.2) is 0 Å². The molecule has 11 aromatic rings. The first-order valence-electron chi connectivity index (χ1n) is 23.1. The van der Waals surface area contributed by atoms with Gasteiger partial charge in [0.1, 0.15) is 0 Å². The van der Waals surface area contributed by atoms with E-state index in [0.29, 0.717) is 0 Å². The molecule has 0 saturated carbocycles. The normalized spacial score (nSPS) is 13.8. The van der Waals surface area contributed by atoms with Crippen molar-refractivity contribution in [1.82, 2.24) is 0 Å². The molecule has 316 valence electrons. The third kappa shape index (κ3) is 5.47. The zero-order chi connectivity index (χ0) is 44.4. The van der Waals surface area contributed by atoms with Gasteiger partial charge < -0.3 is 19.3 Å². The highest BCUT2D eigenvalue weighted by Gasteiger charge is 2.38. The van der Waals surface area contributed by atoms with E-state index in [9.17, 15) is 0 Å². The van der Waals surface area contributed by atoms with E-state index < -0.39 is 0 Å². The summed E-state index contributed by atoms with van der Waals surface area (Å²) in [6.45, 7) is 4.74. The van der Waals surface area contributed by atoms with Crippen LogP contribution in [0.5, 0.6) is 23.0 Å². The van der Waals surface area contributed by atoms with Gasteiger partial charge in [-0.05, 0) is 150 Å². The Morgan fingerprint density at radius 1 is 0.313 bits per heavy atom. The maximum atomic E-state index is 6.54. The van der Waals surface area contributed by atoms with E-state index in [1.807, 2.05) is 24.3 Å². The van der Waals surface area contributed by atoms with Crippen LogP contribution in [0.3, 0.4) is 0 Å². The molecular weight excluding hydrogens is 817 g/mol. The summed E-state index contributed by atoms with van der Waals surface area (Å²) in [5, 5.41) is 7.14. The Labute approximate surface area is 389 Å². The van der Waals surface area contributed by atoms with Gasteiger partial charge in [0.25, 0.3) is 0 Å². The third-order valence-electron chi connectivity index (χ3n) is 14.4. The lowest BCUT2D eigenvalue weighted by Gasteiger charge is -2.34. The van der Waals surface area contributed by atoms with Gasteiger partial charge in [0.15, 0.2) is 23.0 Å². The third-order valence-corrected chi connectivity index (χ3v) is 14.4. The Morgan fingerprint density at radius 2 is 0.731 bits per heavy atom. The Kier molecular flexibility index (Phi) is 8.00. The molecule has 2 aliphatic heterocycles. The van der Waals surface area contributed by atoms with Gasteiger partial charge in [0.2, 0.25) is 0 Å². The molecule has 67 heavy (non-hydrogen) atoms. The molecule has 0 aromatic heterocycles. The van der Waals surface area contributed by atoms with Crippen LogP contribution in [0, 0.1) is 0 Å². The van der Waals surface area contributed by atoms with E-state index in [1.165, 1.54) is 76.8 Å². The zero-order valence-corrected chi connectivity index (χ0v) is 37.0. The molecule has 3 aliphatic rings. The van der Waals surface area contributed by atoms with Crippen molar-refractivity contribution in [3.8, 4) is 56.4 Å². The number of rotatable bonds is 4. The predicted octanol–water partition coefficient (Wildman–Crippen LogP) is 17.9. The molecule has 14 rings (SSSR count). The van der Waals surface area contributed by atoms with Crippen LogP contribution >= 0.6 is 0 Å². The molecule has 0 amide bonds. The van der Waals surface area contributed by atoms with Crippen LogP contribution in [0.15, 0.2) is 218 Å². The molecule has 0 saturated heterocycles. The summed E-state index contributed by atoms with van der Waals surface area (Å²) < 4.78 is 13.1. The molecule has 0 spiro atoms. The highest BCUT2D eigenvalue weighted by Crippen LogP contribution is 2.58. The number of fused-ring (bicyclic) bond motifs is 10. The Bertz CT molecular complexity index is 3790. The van der Waals surface area contributed by atoms with Gasteiger partial charge in [0.05, 0.1) is 22.7 Å². The Morgan fingerprint density at radius 3 is 1.31 bits per heavy atom. The average molecular weight is 859 g/mol. The molecule has 0 atom stereocenters. The van der Waals surface area contributed by atoms with Crippen LogP contribution in [0.1, 0.15) is 25.0 Å². The summed E-state index contributed by atoms with van der Waals surface area (Å²) in [6.07, 6.45) is 0. The van der Waals surface area contributed by atoms with Gasteiger partial charge in [-0.3, -0.25) is 0 Å². The second-order valence-corrected chi connectivity index (χ2v) is 18.4. The zero-order valence-electron chi connectivity index (χ0n) is 37.0. The number of nitrogens with zero attached hydrogens (tertiary/aromatic N) is 2. The van der Waals surface area contributed by atoms with E-state index in [-0.39, 0.29) is 5.41 Å². The monoisotopic (exact) mass is 858 g/mol. The van der Waals surface area contributed by atoms with Crippen molar-refractivity contribution in [3.05, 3.63) is 230 Å². The minimum absolute atomic E-state index is 0.174. The molecular formula is C63H42N2O2. The van der Waals surface area contributed by atoms with E-state index in [0.717, 1.165) is 57.1 Å². The smallest absolute Gasteiger partial charge is 0.151 e. The molecule has 2 heterocycles. The fourth-order valence-corrected chi connectivity index (χ4v) is 11.4. The summed E-state index contributed by atoms with van der Waals surface area (Å²) >= 11 is 0. The first-order valence-corrected chi connectivity index (χ1v) is 23.1. The van der Waals surface area contributed by atoms with Crippen LogP contribution < -0.4 is 19.3 Å². The van der Waals surface area contributed by atoms with Gasteiger partial charge >= 0.3 is 0 Å². The van der Waals surface area contributed by atoms with Gasteiger partial charge in [-0.15, -0.1) is 0 Å². The fraction of sp³-hybridized carbons (Fsp3) is 0.0476. The largest absolute Gasteiger partial charge is 0.453 e. The first-order chi connectivity index (χ1) is 33.0. The van der Waals surface area contributed by atoms with Crippen LogP contribution in [0.2, 0.25) is 0 Å². The van der Waals surface area contributed by atoms with Crippen LogP contribution in [-0.4, -0.2) is 0 Å². The van der Waals surface area contributed by atoms with Crippen molar-refractivity contribution in [2.75, 3.05) is 9.80 Å². The van der Waals surface area contributed by atoms with Gasteiger partial charge in [-0.1, -0.05) is 159 Å². The Balaban J connectivity index is 1.14. The maximum absolute atomic E-state index is 6.54. The van der Waals surface area contributed by atoms with Crippen molar-refractivity contribution in [1.29, 1.82) is 0 Å². The maximum Gasteiger partial charge on any atom is 0.151 e. The molecule has 1 aliphatic carbocycles. The second-order valence-electron chi connectivity index (χ2n) is 18.4. The molecule has 0 unspecified atom stereocenters. The fourth-order valence-electron chi connectivity index (χ4n) is 11.4. The standard InChI is InChI=1S/C63H42N2O2/c1-63(2)50-23-6-5-20-46(50)62-47(22-16-24-51(62)63)61-45-36-34-40(64-52-25-7-11-29-56(52)66-57-30-12-8-26-53(57)64)37-48(45)60(43-21-15-18-39-17-3-4-19-42(39)43)44-35-33-41(38-49(44)61)65-54-27-9-13-31-58(54)67-59-32-14-10-28-55(59)65/h3-38H,1-2H3. The van der Waals surface area contributed by atoms with Crippen LogP contribution in [-0.2, 0) is 5.41 Å². The van der Waals surface area contributed by atoms with Crippen molar-refractivity contribution < 1.29 is 9.47 Å². The lowest BCUT2D eigenvalue weighted by atomic mass is 9.80. The summed E-state index contributed by atoms with van der Waals surface area (Å²) in [5.41, 5.74) is 16.1. The summed E-state index contributed by atoms with van der Waals surface area (Å²) in [4.78, 5) is 4.73. The van der Waals surface area contributed by atoms with Crippen LogP contribution in [0.4, 0.5) is 34.1 Å². The number of ether oxygens (including phenoxy) is 2. The Hall–Kier alpha value is -8.60. The molecule has 0 radical (unpaired) electrons. The molecule has 11 aromatic carbocycles. The van der Waals surface area contributed by atoms with Gasteiger partial charge in [-0.2, -0.15) is 0 Å². The number of benzene rings is 11. The summed E-state index contributed by atoms with van der Waals surface area (Å²) in [6, 6.07) is 79.2. The summed E-state index contributed by atoms with van der Waals surface area (Å²) in [7, 11) is 0. The summed E-state index contributed by atoms with van der Waals surface area (Å²) in [5.74, 6) is 3.31. The van der Waals surface area contributed by atoms with Crippen molar-refractivity contribution in [2.24, 2.45) is 0 Å². The van der Waals surface area contributed by atoms with Crippen molar-refractivity contribution >= 4 is 66.4 Å². The van der Waals surface area contributed by atoms with E-state index in [4.69, 9.17) is 9.47 Å². The topological polar surface area (TPSA) is 24.9 Å². The van der Waals surface area contributed by atoms with Crippen molar-refractivity contribution in [2.45, 2.75) is 19.3 Å². The van der Waals surface area contributed by atoms with E-state index in [1.54, 1.807) is 0 Å². The number of hydrogen-bond donors (Lipinski definition) is 0. The minimum atomic E-state index is -0.174. The molecule has 0 fully saturated rings. The van der Waals surface area contributed by atoms with Crippen LogP contribution in [0.25, 0.3) is 65.7 Å². The SMILES string of the molecule is CC1(C)c2ccccc2-c2c(-c3c4cc(N5c6ccccc6Oc6ccccc65)ccc4c(-c4cccc5ccccc45)c4cc(N5c6ccccc6Oc6ccccc65)ccc34)cccc21. The van der Waals surface area contributed by atoms with Gasteiger partial charge in [0, 0.05) is 16.8 Å².